The summed E-state index contributed by atoms with van der Waals surface area (Å²) in [6.45, 7) is 4.20. The lowest BCUT2D eigenvalue weighted by atomic mass is 10.1. The van der Waals surface area contributed by atoms with Crippen LogP contribution in [0.4, 0.5) is 5.69 Å². The van der Waals surface area contributed by atoms with Crippen molar-refractivity contribution >= 4 is 23.6 Å². The Bertz CT molecular complexity index is 451. The molecular weight excluding hydrogens is 248 g/mol. The summed E-state index contributed by atoms with van der Waals surface area (Å²) in [5, 5.41) is 0.623. The summed E-state index contributed by atoms with van der Waals surface area (Å²) in [5.41, 5.74) is 1.72. The van der Waals surface area contributed by atoms with Gasteiger partial charge in [-0.2, -0.15) is 0 Å². The van der Waals surface area contributed by atoms with Crippen LogP contribution in [0.5, 0.6) is 0 Å². The minimum Gasteiger partial charge on any atom is -0.368 e. The lowest BCUT2D eigenvalue weighted by Crippen LogP contribution is -2.47. The van der Waals surface area contributed by atoms with Gasteiger partial charge in [-0.3, -0.25) is 9.69 Å². The molecule has 0 aromatic heterocycles. The zero-order valence-electron chi connectivity index (χ0n) is 10.3. The highest BCUT2D eigenvalue weighted by molar-refractivity contribution is 6.31. The molecule has 1 saturated carbocycles. The molecule has 0 unspecified atom stereocenters. The summed E-state index contributed by atoms with van der Waals surface area (Å²) in [6, 6.07) is 6.40. The molecule has 1 heterocycles. The fourth-order valence-corrected chi connectivity index (χ4v) is 2.86. The fraction of sp³-hybridized carbons (Fsp3) is 0.500. The highest BCUT2D eigenvalue weighted by Crippen LogP contribution is 2.29. The Morgan fingerprint density at radius 3 is 2.50 bits per heavy atom. The van der Waals surface area contributed by atoms with Crippen molar-refractivity contribution in [3.63, 3.8) is 0 Å². The van der Waals surface area contributed by atoms with Crippen molar-refractivity contribution in [3.05, 3.63) is 28.8 Å². The molecule has 3 nitrogen and oxygen atoms in total. The number of piperazine rings is 1. The molecule has 2 aliphatic rings. The van der Waals surface area contributed by atoms with Crippen LogP contribution in [0.3, 0.4) is 0 Å². The minimum absolute atomic E-state index is 0.623. The second kappa shape index (κ2) is 4.90. The van der Waals surface area contributed by atoms with Gasteiger partial charge >= 0.3 is 0 Å². The number of rotatable bonds is 3. The van der Waals surface area contributed by atoms with Crippen LogP contribution in [0.1, 0.15) is 23.2 Å². The van der Waals surface area contributed by atoms with E-state index >= 15 is 0 Å². The Balaban J connectivity index is 1.73. The Morgan fingerprint density at radius 1 is 1.17 bits per heavy atom. The molecule has 0 atom stereocenters. The number of carbonyl (C=O) groups excluding carboxylic acids is 1. The predicted octanol–water partition coefficient (Wildman–Crippen LogP) is 2.44. The van der Waals surface area contributed by atoms with Crippen LogP contribution < -0.4 is 4.90 Å². The maximum absolute atomic E-state index is 11.1. The molecule has 4 heteroatoms. The van der Waals surface area contributed by atoms with Gasteiger partial charge in [0.2, 0.25) is 0 Å². The molecule has 1 saturated heterocycles. The van der Waals surface area contributed by atoms with Crippen molar-refractivity contribution in [2.45, 2.75) is 18.9 Å². The van der Waals surface area contributed by atoms with Crippen LogP contribution in [-0.4, -0.2) is 43.4 Å². The molecule has 18 heavy (non-hydrogen) atoms. The van der Waals surface area contributed by atoms with E-state index in [0.717, 1.165) is 44.2 Å². The molecule has 1 aromatic rings. The van der Waals surface area contributed by atoms with Crippen LogP contribution >= 0.6 is 11.6 Å². The number of nitrogens with zero attached hydrogens (tertiary/aromatic N) is 2. The first kappa shape index (κ1) is 12.0. The molecule has 1 aliphatic carbocycles. The molecule has 0 amide bonds. The third-order valence-corrected chi connectivity index (χ3v) is 4.07. The molecule has 0 radical (unpaired) electrons. The molecule has 0 spiro atoms. The zero-order chi connectivity index (χ0) is 12.5. The summed E-state index contributed by atoms with van der Waals surface area (Å²) in [5.74, 6) is 0. The molecule has 1 aromatic carbocycles. The first-order chi connectivity index (χ1) is 8.78. The van der Waals surface area contributed by atoms with Gasteiger partial charge in [-0.25, -0.2) is 0 Å². The summed E-state index contributed by atoms with van der Waals surface area (Å²) < 4.78 is 0. The van der Waals surface area contributed by atoms with Gasteiger partial charge in [0.05, 0.1) is 0 Å². The van der Waals surface area contributed by atoms with E-state index in [1.54, 1.807) is 6.07 Å². The van der Waals surface area contributed by atoms with Crippen LogP contribution in [0.2, 0.25) is 5.02 Å². The van der Waals surface area contributed by atoms with Crippen molar-refractivity contribution in [3.8, 4) is 0 Å². The molecule has 0 N–H and O–H groups in total. The molecule has 0 bridgehead atoms. The smallest absolute Gasteiger partial charge is 0.152 e. The Hall–Kier alpha value is -1.06. The Labute approximate surface area is 112 Å². The van der Waals surface area contributed by atoms with E-state index in [0.29, 0.717) is 10.6 Å². The molecule has 96 valence electrons. The van der Waals surface area contributed by atoms with Crippen LogP contribution in [0.25, 0.3) is 0 Å². The zero-order valence-corrected chi connectivity index (χ0v) is 11.1. The second-order valence-electron chi connectivity index (χ2n) is 5.08. The van der Waals surface area contributed by atoms with E-state index in [4.69, 9.17) is 11.6 Å². The van der Waals surface area contributed by atoms with Crippen molar-refractivity contribution in [2.75, 3.05) is 31.1 Å². The number of halogens is 1. The van der Waals surface area contributed by atoms with Gasteiger partial charge in [-0.15, -0.1) is 0 Å². The standard InChI is InChI=1S/C14H17ClN2O/c15-12-1-4-14(11(9-12)10-18)17-7-5-16(6-8-17)13-2-3-13/h1,4,9-10,13H,2-3,5-8H2. The summed E-state index contributed by atoms with van der Waals surface area (Å²) >= 11 is 5.92. The minimum atomic E-state index is 0.623. The number of carbonyl (C=O) groups is 1. The van der Waals surface area contributed by atoms with Gasteiger partial charge in [0, 0.05) is 48.5 Å². The molecule has 3 rings (SSSR count). The average Bonchev–Trinajstić information content (AvgIpc) is 3.23. The van der Waals surface area contributed by atoms with Crippen LogP contribution in [0.15, 0.2) is 18.2 Å². The van der Waals surface area contributed by atoms with Crippen LogP contribution in [0, 0.1) is 0 Å². The lowest BCUT2D eigenvalue weighted by Gasteiger charge is -2.36. The second-order valence-corrected chi connectivity index (χ2v) is 5.51. The monoisotopic (exact) mass is 264 g/mol. The average molecular weight is 265 g/mol. The third-order valence-electron chi connectivity index (χ3n) is 3.83. The SMILES string of the molecule is O=Cc1cc(Cl)ccc1N1CCN(C2CC2)CC1. The van der Waals surface area contributed by atoms with E-state index in [1.165, 1.54) is 12.8 Å². The van der Waals surface area contributed by atoms with E-state index in [1.807, 2.05) is 12.1 Å². The number of anilines is 1. The topological polar surface area (TPSA) is 23.6 Å². The highest BCUT2D eigenvalue weighted by atomic mass is 35.5. The quantitative estimate of drug-likeness (QED) is 0.784. The van der Waals surface area contributed by atoms with Gasteiger partial charge < -0.3 is 4.90 Å². The van der Waals surface area contributed by atoms with Crippen molar-refractivity contribution < 1.29 is 4.79 Å². The third kappa shape index (κ3) is 2.38. The number of aldehydes is 1. The summed E-state index contributed by atoms with van der Waals surface area (Å²) in [4.78, 5) is 16.0. The predicted molar refractivity (Wildman–Crippen MR) is 73.6 cm³/mol. The van der Waals surface area contributed by atoms with Gasteiger partial charge in [-0.1, -0.05) is 11.6 Å². The Morgan fingerprint density at radius 2 is 1.89 bits per heavy atom. The van der Waals surface area contributed by atoms with E-state index in [9.17, 15) is 4.79 Å². The first-order valence-corrected chi connectivity index (χ1v) is 6.89. The molecule has 2 fully saturated rings. The van der Waals surface area contributed by atoms with E-state index in [2.05, 4.69) is 9.80 Å². The molecule has 1 aliphatic heterocycles. The number of hydrogen-bond acceptors (Lipinski definition) is 3. The van der Waals surface area contributed by atoms with Gasteiger partial charge in [-0.05, 0) is 31.0 Å². The van der Waals surface area contributed by atoms with Crippen molar-refractivity contribution in [1.82, 2.24) is 4.90 Å². The lowest BCUT2D eigenvalue weighted by molar-refractivity contribution is 0.112. The maximum atomic E-state index is 11.1. The summed E-state index contributed by atoms with van der Waals surface area (Å²) in [6.07, 6.45) is 3.62. The van der Waals surface area contributed by atoms with E-state index < -0.39 is 0 Å². The fourth-order valence-electron chi connectivity index (χ4n) is 2.68. The highest BCUT2D eigenvalue weighted by Gasteiger charge is 2.31. The van der Waals surface area contributed by atoms with Crippen molar-refractivity contribution in [1.29, 1.82) is 0 Å². The first-order valence-electron chi connectivity index (χ1n) is 6.51. The van der Waals surface area contributed by atoms with Crippen molar-refractivity contribution in [2.24, 2.45) is 0 Å². The number of hydrogen-bond donors (Lipinski definition) is 0. The van der Waals surface area contributed by atoms with Gasteiger partial charge in [0.15, 0.2) is 6.29 Å². The van der Waals surface area contributed by atoms with E-state index in [-0.39, 0.29) is 0 Å². The molecular formula is C14H17ClN2O. The maximum Gasteiger partial charge on any atom is 0.152 e. The number of benzene rings is 1. The Kier molecular flexibility index (Phi) is 3.27. The normalized spacial score (nSPS) is 21.1. The van der Waals surface area contributed by atoms with Gasteiger partial charge in [0.25, 0.3) is 0 Å². The summed E-state index contributed by atoms with van der Waals surface area (Å²) in [7, 11) is 0. The largest absolute Gasteiger partial charge is 0.368 e. The van der Waals surface area contributed by atoms with Crippen LogP contribution in [-0.2, 0) is 0 Å². The van der Waals surface area contributed by atoms with Gasteiger partial charge in [0.1, 0.15) is 0 Å².